The Balaban J connectivity index is 2.94. The Bertz CT molecular complexity index is 497. The Hall–Kier alpha value is -1.80. The standard InChI is InChI=1S/C14H18O7/c1-8(16)12(19)13(20)14(21,7-15)11(18)6-9-2-4-10(17)5-3-9/h2-5,7-8,12-13,16-17,19-21H,6H2,1H3. The molecule has 0 heterocycles. The van der Waals surface area contributed by atoms with Gasteiger partial charge in [0.15, 0.2) is 12.1 Å². The third-order valence-electron chi connectivity index (χ3n) is 3.20. The molecule has 7 nitrogen and oxygen atoms in total. The number of benzene rings is 1. The van der Waals surface area contributed by atoms with Gasteiger partial charge in [-0.15, -0.1) is 0 Å². The van der Waals surface area contributed by atoms with Crippen LogP contribution in [0.1, 0.15) is 12.5 Å². The van der Waals surface area contributed by atoms with Gasteiger partial charge in [-0.25, -0.2) is 0 Å². The molecule has 4 atom stereocenters. The Morgan fingerprint density at radius 3 is 2.19 bits per heavy atom. The first-order valence-electron chi connectivity index (χ1n) is 6.26. The van der Waals surface area contributed by atoms with Crippen molar-refractivity contribution in [3.63, 3.8) is 0 Å². The molecular weight excluding hydrogens is 280 g/mol. The lowest BCUT2D eigenvalue weighted by atomic mass is 9.85. The second-order valence-corrected chi connectivity index (χ2v) is 4.89. The van der Waals surface area contributed by atoms with Gasteiger partial charge in [0.25, 0.3) is 0 Å². The van der Waals surface area contributed by atoms with Crippen LogP contribution in [0.15, 0.2) is 24.3 Å². The number of carbonyl (C=O) groups excluding carboxylic acids is 2. The van der Waals surface area contributed by atoms with E-state index in [1.54, 1.807) is 0 Å². The summed E-state index contributed by atoms with van der Waals surface area (Å²) in [5.41, 5.74) is -2.43. The van der Waals surface area contributed by atoms with Crippen LogP contribution in [-0.4, -0.2) is 61.5 Å². The van der Waals surface area contributed by atoms with E-state index in [1.807, 2.05) is 0 Å². The molecule has 0 aliphatic carbocycles. The molecule has 1 aromatic carbocycles. The van der Waals surface area contributed by atoms with E-state index in [0.29, 0.717) is 5.56 Å². The fraction of sp³-hybridized carbons (Fsp3) is 0.429. The third-order valence-corrected chi connectivity index (χ3v) is 3.20. The number of Topliss-reactive ketones (excluding diaryl/α,β-unsaturated/α-hetero) is 1. The van der Waals surface area contributed by atoms with Gasteiger partial charge >= 0.3 is 0 Å². The number of carbonyl (C=O) groups is 2. The molecule has 0 aliphatic rings. The van der Waals surface area contributed by atoms with Crippen molar-refractivity contribution in [2.75, 3.05) is 0 Å². The zero-order valence-electron chi connectivity index (χ0n) is 11.4. The maximum Gasteiger partial charge on any atom is 0.207 e. The Morgan fingerprint density at radius 2 is 1.76 bits per heavy atom. The van der Waals surface area contributed by atoms with Crippen molar-refractivity contribution in [3.8, 4) is 5.75 Å². The molecule has 0 fully saturated rings. The lowest BCUT2D eigenvalue weighted by Crippen LogP contribution is -2.58. The van der Waals surface area contributed by atoms with Gasteiger partial charge in [-0.3, -0.25) is 9.59 Å². The fourth-order valence-corrected chi connectivity index (χ4v) is 1.77. The van der Waals surface area contributed by atoms with Crippen LogP contribution < -0.4 is 0 Å². The van der Waals surface area contributed by atoms with Gasteiger partial charge in [-0.2, -0.15) is 0 Å². The summed E-state index contributed by atoms with van der Waals surface area (Å²) >= 11 is 0. The smallest absolute Gasteiger partial charge is 0.207 e. The third kappa shape index (κ3) is 3.85. The summed E-state index contributed by atoms with van der Waals surface area (Å²) in [6.07, 6.45) is -6.00. The Morgan fingerprint density at radius 1 is 1.24 bits per heavy atom. The molecule has 116 valence electrons. The molecule has 0 aliphatic heterocycles. The predicted octanol–water partition coefficient (Wildman–Crippen LogP) is -1.46. The minimum atomic E-state index is -2.83. The fourth-order valence-electron chi connectivity index (χ4n) is 1.77. The van der Waals surface area contributed by atoms with Crippen molar-refractivity contribution in [1.82, 2.24) is 0 Å². The van der Waals surface area contributed by atoms with Crippen LogP contribution in [0.2, 0.25) is 0 Å². The number of ketones is 1. The summed E-state index contributed by atoms with van der Waals surface area (Å²) in [6, 6.07) is 5.47. The average Bonchev–Trinajstić information content (AvgIpc) is 2.46. The SMILES string of the molecule is CC(O)C(O)C(O)C(O)(C=O)C(=O)Cc1ccc(O)cc1. The molecule has 7 heteroatoms. The van der Waals surface area contributed by atoms with E-state index >= 15 is 0 Å². The highest BCUT2D eigenvalue weighted by atomic mass is 16.4. The topological polar surface area (TPSA) is 135 Å². The Labute approximate surface area is 121 Å². The summed E-state index contributed by atoms with van der Waals surface area (Å²) in [5, 5.41) is 47.6. The van der Waals surface area contributed by atoms with Gasteiger partial charge in [-0.05, 0) is 24.6 Å². The van der Waals surface area contributed by atoms with E-state index in [-0.39, 0.29) is 18.5 Å². The summed E-state index contributed by atoms with van der Waals surface area (Å²) in [6.45, 7) is 1.14. The monoisotopic (exact) mass is 298 g/mol. The summed E-state index contributed by atoms with van der Waals surface area (Å²) in [4.78, 5) is 23.0. The van der Waals surface area contributed by atoms with Crippen LogP contribution in [0.4, 0.5) is 0 Å². The van der Waals surface area contributed by atoms with Crippen LogP contribution in [0.5, 0.6) is 5.75 Å². The van der Waals surface area contributed by atoms with Crippen molar-refractivity contribution in [3.05, 3.63) is 29.8 Å². The molecule has 4 unspecified atom stereocenters. The summed E-state index contributed by atoms with van der Waals surface area (Å²) in [5.74, 6) is -1.04. The number of aromatic hydroxyl groups is 1. The first-order chi connectivity index (χ1) is 9.72. The maximum absolute atomic E-state index is 12.0. The number of hydrogen-bond donors (Lipinski definition) is 5. The number of phenolic OH excluding ortho intramolecular Hbond substituents is 1. The molecule has 0 aromatic heterocycles. The number of rotatable bonds is 7. The molecule has 1 rings (SSSR count). The first-order valence-corrected chi connectivity index (χ1v) is 6.26. The molecule has 0 amide bonds. The normalized spacial score (nSPS) is 18.3. The van der Waals surface area contributed by atoms with E-state index in [2.05, 4.69) is 0 Å². The molecule has 0 saturated heterocycles. The largest absolute Gasteiger partial charge is 0.508 e. The van der Waals surface area contributed by atoms with E-state index in [1.165, 1.54) is 24.3 Å². The first kappa shape index (κ1) is 17.3. The lowest BCUT2D eigenvalue weighted by molar-refractivity contribution is -0.171. The van der Waals surface area contributed by atoms with Crippen LogP contribution in [0, 0.1) is 0 Å². The average molecular weight is 298 g/mol. The number of hydrogen-bond acceptors (Lipinski definition) is 7. The molecular formula is C14H18O7. The van der Waals surface area contributed by atoms with Crippen LogP contribution >= 0.6 is 0 Å². The number of aliphatic hydroxyl groups excluding tert-OH is 3. The summed E-state index contributed by atoms with van der Waals surface area (Å²) in [7, 11) is 0. The van der Waals surface area contributed by atoms with E-state index in [4.69, 9.17) is 5.11 Å². The van der Waals surface area contributed by atoms with Crippen LogP contribution in [0.3, 0.4) is 0 Å². The minimum absolute atomic E-state index is 0.0126. The number of aldehydes is 1. The maximum atomic E-state index is 12.0. The van der Waals surface area contributed by atoms with E-state index in [9.17, 15) is 30.0 Å². The minimum Gasteiger partial charge on any atom is -0.508 e. The highest BCUT2D eigenvalue weighted by Gasteiger charge is 2.47. The van der Waals surface area contributed by atoms with Gasteiger partial charge in [0.2, 0.25) is 5.60 Å². The van der Waals surface area contributed by atoms with Gasteiger partial charge in [0, 0.05) is 6.42 Å². The van der Waals surface area contributed by atoms with Gasteiger partial charge in [-0.1, -0.05) is 12.1 Å². The quantitative estimate of drug-likeness (QED) is 0.306. The highest BCUT2D eigenvalue weighted by Crippen LogP contribution is 2.19. The zero-order valence-corrected chi connectivity index (χ0v) is 11.4. The van der Waals surface area contributed by atoms with Crippen molar-refractivity contribution >= 4 is 12.1 Å². The summed E-state index contributed by atoms with van der Waals surface area (Å²) < 4.78 is 0. The van der Waals surface area contributed by atoms with Gasteiger partial charge < -0.3 is 25.5 Å². The Kier molecular flexibility index (Phi) is 5.56. The second-order valence-electron chi connectivity index (χ2n) is 4.89. The second kappa shape index (κ2) is 6.77. The van der Waals surface area contributed by atoms with Crippen LogP contribution in [0.25, 0.3) is 0 Å². The molecule has 0 bridgehead atoms. The molecule has 0 radical (unpaired) electrons. The van der Waals surface area contributed by atoms with Crippen molar-refractivity contribution < 1.29 is 35.1 Å². The molecule has 21 heavy (non-hydrogen) atoms. The van der Waals surface area contributed by atoms with Crippen molar-refractivity contribution in [2.24, 2.45) is 0 Å². The predicted molar refractivity (Wildman–Crippen MR) is 71.5 cm³/mol. The molecule has 0 saturated carbocycles. The van der Waals surface area contributed by atoms with Crippen LogP contribution in [-0.2, 0) is 16.0 Å². The van der Waals surface area contributed by atoms with Crippen molar-refractivity contribution in [2.45, 2.75) is 37.3 Å². The van der Waals surface area contributed by atoms with E-state index in [0.717, 1.165) is 6.92 Å². The number of aliphatic hydroxyl groups is 4. The molecule has 1 aromatic rings. The zero-order chi connectivity index (χ0) is 16.2. The van der Waals surface area contributed by atoms with Gasteiger partial charge in [0.05, 0.1) is 6.10 Å². The number of phenols is 1. The molecule has 0 spiro atoms. The lowest BCUT2D eigenvalue weighted by Gasteiger charge is -2.30. The van der Waals surface area contributed by atoms with E-state index < -0.39 is 29.7 Å². The highest BCUT2D eigenvalue weighted by molar-refractivity contribution is 6.03. The molecule has 5 N–H and O–H groups in total. The van der Waals surface area contributed by atoms with Gasteiger partial charge in [0.1, 0.15) is 18.0 Å². The van der Waals surface area contributed by atoms with Crippen molar-refractivity contribution in [1.29, 1.82) is 0 Å².